The highest BCUT2D eigenvalue weighted by Gasteiger charge is 2.04. The smallest absolute Gasteiger partial charge is 0.211 e. The van der Waals surface area contributed by atoms with Crippen LogP contribution in [0.2, 0.25) is 0 Å². The van der Waals surface area contributed by atoms with E-state index in [9.17, 15) is 0 Å². The van der Waals surface area contributed by atoms with E-state index in [0.717, 1.165) is 15.6 Å². The van der Waals surface area contributed by atoms with E-state index in [4.69, 9.17) is 16.2 Å². The van der Waals surface area contributed by atoms with Crippen LogP contribution in [0.25, 0.3) is 0 Å². The zero-order valence-electron chi connectivity index (χ0n) is 12.2. The first kappa shape index (κ1) is 16.0. The van der Waals surface area contributed by atoms with Gasteiger partial charge < -0.3 is 16.2 Å². The van der Waals surface area contributed by atoms with Gasteiger partial charge in [-0.3, -0.25) is 0 Å². The highest BCUT2D eigenvalue weighted by Crippen LogP contribution is 2.23. The summed E-state index contributed by atoms with van der Waals surface area (Å²) in [5.41, 5.74) is 13.6. The summed E-state index contributed by atoms with van der Waals surface area (Å²) in [6.45, 7) is 2.53. The first-order valence-corrected chi connectivity index (χ1v) is 7.44. The number of rotatable bonds is 5. The van der Waals surface area contributed by atoms with Crippen LogP contribution in [0.15, 0.2) is 57.1 Å². The van der Waals surface area contributed by atoms with Gasteiger partial charge in [-0.15, -0.1) is 5.10 Å². The number of benzene rings is 2. The van der Waals surface area contributed by atoms with Gasteiger partial charge in [0.05, 0.1) is 6.21 Å². The lowest BCUT2D eigenvalue weighted by Crippen LogP contribution is -2.21. The van der Waals surface area contributed by atoms with Crippen LogP contribution in [-0.2, 0) is 6.61 Å². The maximum Gasteiger partial charge on any atom is 0.211 e. The largest absolute Gasteiger partial charge is 0.488 e. The fourth-order valence-electron chi connectivity index (χ4n) is 1.87. The Balaban J connectivity index is 2.16. The number of aryl methyl sites for hydroxylation is 1. The molecule has 0 unspecified atom stereocenters. The number of guanidine groups is 1. The fourth-order valence-corrected chi connectivity index (χ4v) is 2.25. The van der Waals surface area contributed by atoms with Gasteiger partial charge in [0.15, 0.2) is 0 Å². The van der Waals surface area contributed by atoms with Gasteiger partial charge >= 0.3 is 0 Å². The molecular formula is C16H17BrN4O. The maximum atomic E-state index is 5.87. The molecule has 0 atom stereocenters. The fraction of sp³-hybridized carbons (Fsp3) is 0.125. The predicted molar refractivity (Wildman–Crippen MR) is 93.1 cm³/mol. The predicted octanol–water partition coefficient (Wildman–Crippen LogP) is 2.94. The lowest BCUT2D eigenvalue weighted by atomic mass is 10.1. The van der Waals surface area contributed by atoms with Gasteiger partial charge in [0.25, 0.3) is 0 Å². The Morgan fingerprint density at radius 1 is 1.23 bits per heavy atom. The van der Waals surface area contributed by atoms with Crippen LogP contribution in [0, 0.1) is 6.92 Å². The Hall–Kier alpha value is -2.34. The average molecular weight is 361 g/mol. The Kier molecular flexibility index (Phi) is 5.55. The number of hydrogen-bond donors (Lipinski definition) is 2. The Morgan fingerprint density at radius 3 is 2.77 bits per heavy atom. The summed E-state index contributed by atoms with van der Waals surface area (Å²) in [6.07, 6.45) is 1.55. The topological polar surface area (TPSA) is 86.0 Å². The SMILES string of the molecule is Cc1cccc(COc2ccc(Br)cc2/C=N/N=C(N)N)c1. The lowest BCUT2D eigenvalue weighted by molar-refractivity contribution is 0.305. The lowest BCUT2D eigenvalue weighted by Gasteiger charge is -2.10. The van der Waals surface area contributed by atoms with Crippen LogP contribution >= 0.6 is 15.9 Å². The highest BCUT2D eigenvalue weighted by molar-refractivity contribution is 9.10. The molecule has 22 heavy (non-hydrogen) atoms. The average Bonchev–Trinajstić information content (AvgIpc) is 2.46. The van der Waals surface area contributed by atoms with Crippen LogP contribution in [0.3, 0.4) is 0 Å². The summed E-state index contributed by atoms with van der Waals surface area (Å²) in [5, 5.41) is 7.42. The van der Waals surface area contributed by atoms with Crippen molar-refractivity contribution in [1.29, 1.82) is 0 Å². The van der Waals surface area contributed by atoms with Crippen molar-refractivity contribution in [3.63, 3.8) is 0 Å². The summed E-state index contributed by atoms with van der Waals surface area (Å²) in [6, 6.07) is 13.8. The van der Waals surface area contributed by atoms with Gasteiger partial charge in [-0.05, 0) is 30.7 Å². The second-order valence-corrected chi connectivity index (χ2v) is 5.64. The summed E-state index contributed by atoms with van der Waals surface area (Å²) in [4.78, 5) is 0. The third-order valence-corrected chi connectivity index (χ3v) is 3.31. The van der Waals surface area contributed by atoms with Crippen molar-refractivity contribution in [2.45, 2.75) is 13.5 Å². The molecule has 114 valence electrons. The van der Waals surface area contributed by atoms with Gasteiger partial charge in [0.2, 0.25) is 5.96 Å². The number of halogens is 1. The first-order valence-electron chi connectivity index (χ1n) is 6.64. The molecule has 0 aliphatic rings. The molecule has 0 aliphatic carbocycles. The van der Waals surface area contributed by atoms with E-state index in [2.05, 4.69) is 45.2 Å². The molecule has 6 heteroatoms. The van der Waals surface area contributed by atoms with E-state index in [1.807, 2.05) is 30.3 Å². The molecule has 0 saturated carbocycles. The third-order valence-electron chi connectivity index (χ3n) is 2.82. The van der Waals surface area contributed by atoms with Crippen molar-refractivity contribution in [2.75, 3.05) is 0 Å². The standard InChI is InChI=1S/C16H17BrN4O/c1-11-3-2-4-12(7-11)10-22-15-6-5-14(17)8-13(15)9-20-21-16(18)19/h2-9H,10H2,1H3,(H4,18,19,21)/b20-9+. The molecular weight excluding hydrogens is 344 g/mol. The van der Waals surface area contributed by atoms with Crippen LogP contribution in [0.1, 0.15) is 16.7 Å². The number of ether oxygens (including phenoxy) is 1. The van der Waals surface area contributed by atoms with Crippen molar-refractivity contribution in [2.24, 2.45) is 21.7 Å². The molecule has 0 saturated heterocycles. The summed E-state index contributed by atoms with van der Waals surface area (Å²) in [5.74, 6) is 0.618. The maximum absolute atomic E-state index is 5.87. The second-order valence-electron chi connectivity index (χ2n) is 4.73. The zero-order chi connectivity index (χ0) is 15.9. The quantitative estimate of drug-likeness (QED) is 0.488. The molecule has 0 bridgehead atoms. The van der Waals surface area contributed by atoms with Gasteiger partial charge in [-0.2, -0.15) is 5.10 Å². The molecule has 2 rings (SSSR count). The van der Waals surface area contributed by atoms with Gasteiger partial charge in [0.1, 0.15) is 12.4 Å². The van der Waals surface area contributed by atoms with Crippen LogP contribution in [0.5, 0.6) is 5.75 Å². The Morgan fingerprint density at radius 2 is 2.05 bits per heavy atom. The van der Waals surface area contributed by atoms with E-state index < -0.39 is 0 Å². The molecule has 0 spiro atoms. The van der Waals surface area contributed by atoms with Gasteiger partial charge in [-0.25, -0.2) is 0 Å². The summed E-state index contributed by atoms with van der Waals surface area (Å²) < 4.78 is 6.79. The van der Waals surface area contributed by atoms with Crippen molar-refractivity contribution in [3.05, 3.63) is 63.6 Å². The second kappa shape index (κ2) is 7.61. The van der Waals surface area contributed by atoms with Crippen LogP contribution in [0.4, 0.5) is 0 Å². The zero-order valence-corrected chi connectivity index (χ0v) is 13.7. The summed E-state index contributed by atoms with van der Waals surface area (Å²) >= 11 is 3.42. The van der Waals surface area contributed by atoms with E-state index in [0.29, 0.717) is 12.4 Å². The Bertz CT molecular complexity index is 709. The van der Waals surface area contributed by atoms with Gasteiger partial charge in [-0.1, -0.05) is 45.8 Å². The van der Waals surface area contributed by atoms with Crippen molar-refractivity contribution >= 4 is 28.1 Å². The normalized spacial score (nSPS) is 10.6. The molecule has 4 N–H and O–H groups in total. The minimum Gasteiger partial charge on any atom is -0.488 e. The van der Waals surface area contributed by atoms with E-state index in [1.54, 1.807) is 6.21 Å². The monoisotopic (exact) mass is 360 g/mol. The number of nitrogens with zero attached hydrogens (tertiary/aromatic N) is 2. The van der Waals surface area contributed by atoms with Crippen LogP contribution in [-0.4, -0.2) is 12.2 Å². The molecule has 0 aromatic heterocycles. The number of hydrogen-bond acceptors (Lipinski definition) is 3. The van der Waals surface area contributed by atoms with E-state index in [1.165, 1.54) is 5.56 Å². The van der Waals surface area contributed by atoms with Crippen molar-refractivity contribution < 1.29 is 4.74 Å². The highest BCUT2D eigenvalue weighted by atomic mass is 79.9. The summed E-state index contributed by atoms with van der Waals surface area (Å²) in [7, 11) is 0. The van der Waals surface area contributed by atoms with Gasteiger partial charge in [0, 0.05) is 10.0 Å². The molecule has 0 aliphatic heterocycles. The molecule has 0 heterocycles. The minimum absolute atomic E-state index is 0.0894. The van der Waals surface area contributed by atoms with Crippen LogP contribution < -0.4 is 16.2 Å². The van der Waals surface area contributed by atoms with Crippen molar-refractivity contribution in [1.82, 2.24) is 0 Å². The Labute approximate surface area is 137 Å². The number of nitrogens with two attached hydrogens (primary N) is 2. The molecule has 0 fully saturated rings. The molecule has 2 aromatic carbocycles. The minimum atomic E-state index is -0.0894. The van der Waals surface area contributed by atoms with E-state index in [-0.39, 0.29) is 5.96 Å². The molecule has 0 radical (unpaired) electrons. The molecule has 0 amide bonds. The third kappa shape index (κ3) is 4.89. The first-order chi connectivity index (χ1) is 10.5. The van der Waals surface area contributed by atoms with E-state index >= 15 is 0 Å². The van der Waals surface area contributed by atoms with Crippen molar-refractivity contribution in [3.8, 4) is 5.75 Å². The molecule has 5 nitrogen and oxygen atoms in total. The molecule has 2 aromatic rings.